The Bertz CT molecular complexity index is 1580. The molecule has 0 fully saturated rings. The summed E-state index contributed by atoms with van der Waals surface area (Å²) in [4.78, 5) is 11.9. The van der Waals surface area contributed by atoms with Gasteiger partial charge in [-0.2, -0.15) is 26.9 Å². The Morgan fingerprint density at radius 1 is 0.949 bits per heavy atom. The molecule has 0 saturated heterocycles. The van der Waals surface area contributed by atoms with Gasteiger partial charge >= 0.3 is 6.18 Å². The lowest BCUT2D eigenvalue weighted by molar-refractivity contribution is -0.137. The number of hydrogen-bond donors (Lipinski definition) is 3. The SMILES string of the molecule is CC(O)(CS(=O)(=O)c1ccc(F)cc1)C(=O)Nc1ccc(C#N)c(C(F)(F)F)c1.O=S(=O)(O)c1ccccc1. The smallest absolute Gasteiger partial charge is 0.379 e. The van der Waals surface area contributed by atoms with Crippen molar-refractivity contribution in [1.82, 2.24) is 0 Å². The Morgan fingerprint density at radius 2 is 1.51 bits per heavy atom. The third kappa shape index (κ3) is 8.86. The summed E-state index contributed by atoms with van der Waals surface area (Å²) in [6.07, 6.45) is -4.86. The van der Waals surface area contributed by atoms with Crippen LogP contribution in [0, 0.1) is 17.1 Å². The average Bonchev–Trinajstić information content (AvgIpc) is 2.83. The molecule has 39 heavy (non-hydrogen) atoms. The van der Waals surface area contributed by atoms with E-state index in [1.165, 1.54) is 18.2 Å². The van der Waals surface area contributed by atoms with Gasteiger partial charge in [0.1, 0.15) is 5.82 Å². The maximum Gasteiger partial charge on any atom is 0.417 e. The number of halogens is 4. The van der Waals surface area contributed by atoms with E-state index in [0.717, 1.165) is 43.3 Å². The number of alkyl halides is 3. The summed E-state index contributed by atoms with van der Waals surface area (Å²) in [5, 5.41) is 21.1. The number of carbonyl (C=O) groups excluding carboxylic acids is 1. The van der Waals surface area contributed by atoms with E-state index in [1.54, 1.807) is 18.2 Å². The van der Waals surface area contributed by atoms with Crippen molar-refractivity contribution in [2.75, 3.05) is 11.1 Å². The monoisotopic (exact) mass is 588 g/mol. The van der Waals surface area contributed by atoms with E-state index in [-0.39, 0.29) is 15.5 Å². The predicted molar refractivity (Wildman–Crippen MR) is 130 cm³/mol. The molecule has 3 N–H and O–H groups in total. The fourth-order valence-electron chi connectivity index (χ4n) is 2.97. The molecule has 3 aromatic carbocycles. The van der Waals surface area contributed by atoms with E-state index >= 15 is 0 Å². The van der Waals surface area contributed by atoms with Crippen LogP contribution in [0.4, 0.5) is 23.2 Å². The van der Waals surface area contributed by atoms with Crippen molar-refractivity contribution in [2.45, 2.75) is 28.5 Å². The van der Waals surface area contributed by atoms with E-state index < -0.39 is 60.3 Å². The second kappa shape index (κ2) is 11.9. The Kier molecular flexibility index (Phi) is 9.58. The van der Waals surface area contributed by atoms with Gasteiger partial charge in [-0.1, -0.05) is 18.2 Å². The Hall–Kier alpha value is -3.84. The van der Waals surface area contributed by atoms with Crippen molar-refractivity contribution < 1.29 is 48.9 Å². The first kappa shape index (κ1) is 31.4. The van der Waals surface area contributed by atoms with Crippen molar-refractivity contribution in [3.8, 4) is 6.07 Å². The van der Waals surface area contributed by atoms with Gasteiger partial charge in [0.15, 0.2) is 15.4 Å². The highest BCUT2D eigenvalue weighted by molar-refractivity contribution is 7.91. The van der Waals surface area contributed by atoms with Crippen LogP contribution in [0.5, 0.6) is 0 Å². The average molecular weight is 589 g/mol. The van der Waals surface area contributed by atoms with Gasteiger partial charge in [0.25, 0.3) is 16.0 Å². The standard InChI is InChI=1S/C18H14F4N2O4S.C6H6O3S/c1-17(26,10-29(27,28)14-6-3-12(19)4-7-14)16(25)24-13-5-2-11(9-23)15(8-13)18(20,21)22;7-10(8,9)6-4-2-1-3-5-6/h2-8,26H,10H2,1H3,(H,24,25);1-5H,(H,7,8,9). The van der Waals surface area contributed by atoms with Crippen molar-refractivity contribution in [1.29, 1.82) is 5.26 Å². The highest BCUT2D eigenvalue weighted by Crippen LogP contribution is 2.33. The van der Waals surface area contributed by atoms with E-state index in [0.29, 0.717) is 6.07 Å². The lowest BCUT2D eigenvalue weighted by Gasteiger charge is -2.22. The molecule has 0 aliphatic carbocycles. The molecule has 0 aromatic heterocycles. The van der Waals surface area contributed by atoms with E-state index in [1.807, 2.05) is 5.32 Å². The number of anilines is 1. The van der Waals surface area contributed by atoms with Gasteiger partial charge in [-0.05, 0) is 61.5 Å². The maximum absolute atomic E-state index is 13.0. The fraction of sp³-hybridized carbons (Fsp3) is 0.167. The van der Waals surface area contributed by atoms with Crippen LogP contribution in [0.25, 0.3) is 0 Å². The van der Waals surface area contributed by atoms with Crippen LogP contribution in [0.1, 0.15) is 18.1 Å². The van der Waals surface area contributed by atoms with Crippen molar-refractivity contribution >= 4 is 31.5 Å². The van der Waals surface area contributed by atoms with Crippen LogP contribution in [-0.2, 0) is 30.9 Å². The van der Waals surface area contributed by atoms with Gasteiger partial charge in [-0.25, -0.2) is 12.8 Å². The molecule has 1 amide bonds. The van der Waals surface area contributed by atoms with E-state index in [9.17, 15) is 44.3 Å². The van der Waals surface area contributed by atoms with Crippen LogP contribution < -0.4 is 5.32 Å². The minimum Gasteiger partial charge on any atom is -0.379 e. The lowest BCUT2D eigenvalue weighted by atomic mass is 10.1. The second-order valence-electron chi connectivity index (χ2n) is 8.10. The van der Waals surface area contributed by atoms with E-state index in [2.05, 4.69) is 0 Å². The molecule has 0 aliphatic rings. The number of rotatable bonds is 6. The largest absolute Gasteiger partial charge is 0.417 e. The number of nitrogens with zero attached hydrogens (tertiary/aromatic N) is 1. The van der Waals surface area contributed by atoms with Gasteiger partial charge in [-0.15, -0.1) is 0 Å². The van der Waals surface area contributed by atoms with Crippen molar-refractivity contribution in [3.63, 3.8) is 0 Å². The van der Waals surface area contributed by atoms with Gasteiger partial charge < -0.3 is 10.4 Å². The predicted octanol–water partition coefficient (Wildman–Crippen LogP) is 3.81. The highest BCUT2D eigenvalue weighted by Gasteiger charge is 2.38. The minimum absolute atomic E-state index is 0.0741. The molecule has 9 nitrogen and oxygen atoms in total. The minimum atomic E-state index is -4.86. The third-order valence-corrected chi connectivity index (χ3v) is 7.68. The first-order chi connectivity index (χ1) is 17.9. The molecule has 1 atom stereocenters. The van der Waals surface area contributed by atoms with Crippen LogP contribution in [0.2, 0.25) is 0 Å². The number of amides is 1. The topological polar surface area (TPSA) is 162 Å². The number of aliphatic hydroxyl groups is 1. The first-order valence-electron chi connectivity index (χ1n) is 10.5. The van der Waals surface area contributed by atoms with Crippen LogP contribution in [0.15, 0.2) is 82.6 Å². The number of hydrogen-bond acceptors (Lipinski definition) is 7. The number of benzene rings is 3. The Balaban J connectivity index is 0.000000446. The fourth-order valence-corrected chi connectivity index (χ4v) is 5.06. The summed E-state index contributed by atoms with van der Waals surface area (Å²) >= 11 is 0. The van der Waals surface area contributed by atoms with Crippen LogP contribution >= 0.6 is 0 Å². The molecule has 3 rings (SSSR count). The van der Waals surface area contributed by atoms with Gasteiger partial charge in [0.05, 0.1) is 32.7 Å². The summed E-state index contributed by atoms with van der Waals surface area (Å²) in [5.74, 6) is -3.06. The molecule has 3 aromatic rings. The summed E-state index contributed by atoms with van der Waals surface area (Å²) in [6.45, 7) is 0.873. The third-order valence-electron chi connectivity index (χ3n) is 4.88. The van der Waals surface area contributed by atoms with Crippen LogP contribution in [-0.4, -0.2) is 43.8 Å². The number of sulfone groups is 1. The zero-order valence-corrected chi connectivity index (χ0v) is 21.5. The molecular formula is C24H20F4N2O7S2. The van der Waals surface area contributed by atoms with Crippen LogP contribution in [0.3, 0.4) is 0 Å². The van der Waals surface area contributed by atoms with Crippen molar-refractivity contribution in [3.05, 3.63) is 89.7 Å². The maximum atomic E-state index is 13.0. The van der Waals surface area contributed by atoms with Gasteiger partial charge in [0, 0.05) is 5.69 Å². The Morgan fingerprint density at radius 3 is 1.97 bits per heavy atom. The zero-order chi connectivity index (χ0) is 29.6. The van der Waals surface area contributed by atoms with Crippen molar-refractivity contribution in [2.24, 2.45) is 0 Å². The molecule has 0 saturated carbocycles. The Labute approximate surface area is 221 Å². The molecule has 208 valence electrons. The first-order valence-corrected chi connectivity index (χ1v) is 13.6. The van der Waals surface area contributed by atoms with Gasteiger partial charge in [-0.3, -0.25) is 9.35 Å². The molecule has 1 unspecified atom stereocenters. The molecule has 0 spiro atoms. The summed E-state index contributed by atoms with van der Waals surface area (Å²) < 4.78 is 106. The zero-order valence-electron chi connectivity index (χ0n) is 19.8. The summed E-state index contributed by atoms with van der Waals surface area (Å²) in [5.41, 5.74) is -4.86. The summed E-state index contributed by atoms with van der Waals surface area (Å²) in [6, 6.07) is 14.8. The molecule has 0 heterocycles. The van der Waals surface area contributed by atoms with Gasteiger partial charge in [0.2, 0.25) is 0 Å². The molecule has 0 bridgehead atoms. The number of carbonyl (C=O) groups is 1. The second-order valence-corrected chi connectivity index (χ2v) is 11.5. The lowest BCUT2D eigenvalue weighted by Crippen LogP contribution is -2.45. The highest BCUT2D eigenvalue weighted by atomic mass is 32.2. The number of nitrogens with one attached hydrogen (secondary N) is 1. The normalized spacial score (nSPS) is 13.3. The summed E-state index contributed by atoms with van der Waals surface area (Å²) in [7, 11) is -8.22. The number of nitriles is 1. The molecule has 0 radical (unpaired) electrons. The molecule has 15 heteroatoms. The van der Waals surface area contributed by atoms with E-state index in [4.69, 9.17) is 9.81 Å². The quantitative estimate of drug-likeness (QED) is 0.223. The molecule has 0 aliphatic heterocycles. The molecular weight excluding hydrogens is 568 g/mol.